The van der Waals surface area contributed by atoms with E-state index in [1.165, 1.54) is 11.1 Å². The number of nitrogens with zero attached hydrogens (tertiary/aromatic N) is 3. The van der Waals surface area contributed by atoms with E-state index < -0.39 is 40.9 Å². The van der Waals surface area contributed by atoms with Crippen molar-refractivity contribution in [3.05, 3.63) is 51.0 Å². The number of carbonyl (C=O) groups excluding carboxylic acids is 3. The summed E-state index contributed by atoms with van der Waals surface area (Å²) in [6, 6.07) is -0.838. The van der Waals surface area contributed by atoms with Gasteiger partial charge in [-0.25, -0.2) is 9.18 Å². The molecule has 1 aromatic heterocycles. The Bertz CT molecular complexity index is 1720. The minimum atomic E-state index is -1.38. The number of rotatable bonds is 9. The highest BCUT2D eigenvalue weighted by atomic mass is 35.5. The number of aromatic nitrogens is 1. The molecule has 0 spiro atoms. The number of likely N-dealkylation sites (tertiary alicyclic amines) is 1. The van der Waals surface area contributed by atoms with Crippen LogP contribution in [0.4, 0.5) is 10.1 Å². The van der Waals surface area contributed by atoms with Crippen molar-refractivity contribution in [3.63, 3.8) is 0 Å². The predicted molar refractivity (Wildman–Crippen MR) is 174 cm³/mol. The summed E-state index contributed by atoms with van der Waals surface area (Å²) in [7, 11) is 0. The molecule has 2 aliphatic heterocycles. The van der Waals surface area contributed by atoms with Gasteiger partial charge < -0.3 is 35.8 Å². The van der Waals surface area contributed by atoms with Crippen LogP contribution in [0.2, 0.25) is 5.02 Å². The summed E-state index contributed by atoms with van der Waals surface area (Å²) in [5.41, 5.74) is 4.80. The number of allylic oxidation sites excluding steroid dienone is 1. The molecule has 252 valence electrons. The number of carboxylic acids is 1. The molecule has 3 unspecified atom stereocenters. The molecule has 3 heterocycles. The highest BCUT2D eigenvalue weighted by molar-refractivity contribution is 6.38. The summed E-state index contributed by atoms with van der Waals surface area (Å²) in [6.45, 7) is 4.77. The standard InChI is InChI=1S/C33H40ClFN6O6/c1-16(2)27(38-31(44)24-7-4-10-40(24)25(42)12-36)32(45)37-23-6-3-5-17-13-39(14-20(17)23)29-22(35)11-19-28(26(29)34)41(18-8-9-18)15-21(30(19)43)33(46)47/h3,6,11,15-18,20,23-24,27H,4-5,7-10,12-14,36H2,1-2H3,(H,37,45)(H,38,44)(H,46,47)/t17?,20?,23?,24-,27-/m0/s1. The quantitative estimate of drug-likeness (QED) is 0.295. The lowest BCUT2D eigenvalue weighted by molar-refractivity contribution is -0.139. The van der Waals surface area contributed by atoms with Gasteiger partial charge >= 0.3 is 5.97 Å². The van der Waals surface area contributed by atoms with Crippen LogP contribution in [0.25, 0.3) is 10.9 Å². The first kappa shape index (κ1) is 33.0. The minimum Gasteiger partial charge on any atom is -0.477 e. The third-order valence-corrected chi connectivity index (χ3v) is 10.4. The van der Waals surface area contributed by atoms with Gasteiger partial charge in [-0.2, -0.15) is 0 Å². The molecule has 4 aliphatic rings. The molecule has 14 heteroatoms. The first-order valence-corrected chi connectivity index (χ1v) is 16.6. The van der Waals surface area contributed by atoms with Crippen LogP contribution in [0.1, 0.15) is 62.4 Å². The summed E-state index contributed by atoms with van der Waals surface area (Å²) in [5, 5.41) is 15.6. The molecule has 0 bridgehead atoms. The third kappa shape index (κ3) is 6.11. The van der Waals surface area contributed by atoms with Crippen LogP contribution in [-0.2, 0) is 14.4 Å². The number of hydrogen-bond donors (Lipinski definition) is 4. The Balaban J connectivity index is 1.22. The molecule has 2 aromatic rings. The molecule has 1 saturated carbocycles. The smallest absolute Gasteiger partial charge is 0.341 e. The minimum absolute atomic E-state index is 0.0238. The van der Waals surface area contributed by atoms with Gasteiger partial charge in [-0.3, -0.25) is 19.2 Å². The second-order valence-corrected chi connectivity index (χ2v) is 13.8. The van der Waals surface area contributed by atoms with Crippen molar-refractivity contribution in [2.75, 3.05) is 31.1 Å². The number of hydrogen-bond acceptors (Lipinski definition) is 7. The lowest BCUT2D eigenvalue weighted by Gasteiger charge is -2.32. The highest BCUT2D eigenvalue weighted by Gasteiger charge is 2.42. The maximum Gasteiger partial charge on any atom is 0.341 e. The Kier molecular flexibility index (Phi) is 9.05. The molecule has 5 atom stereocenters. The Morgan fingerprint density at radius 3 is 2.57 bits per heavy atom. The second kappa shape index (κ2) is 12.9. The number of fused-ring (bicyclic) bond motifs is 2. The van der Waals surface area contributed by atoms with E-state index in [1.807, 2.05) is 30.9 Å². The number of amides is 3. The lowest BCUT2D eigenvalue weighted by Crippen LogP contribution is -2.57. The summed E-state index contributed by atoms with van der Waals surface area (Å²) < 4.78 is 17.5. The van der Waals surface area contributed by atoms with E-state index in [2.05, 4.69) is 10.6 Å². The van der Waals surface area contributed by atoms with Crippen LogP contribution < -0.4 is 26.7 Å². The van der Waals surface area contributed by atoms with Crippen molar-refractivity contribution in [2.45, 2.75) is 70.1 Å². The summed E-state index contributed by atoms with van der Waals surface area (Å²) >= 11 is 6.90. The normalized spacial score (nSPS) is 24.5. The van der Waals surface area contributed by atoms with Gasteiger partial charge in [0.05, 0.1) is 34.2 Å². The molecular formula is C33H40ClFN6O6. The third-order valence-electron chi connectivity index (χ3n) is 10.0. The van der Waals surface area contributed by atoms with Crippen LogP contribution >= 0.6 is 11.6 Å². The van der Waals surface area contributed by atoms with Crippen molar-refractivity contribution >= 4 is 51.9 Å². The van der Waals surface area contributed by atoms with Crippen LogP contribution in [0, 0.1) is 23.6 Å². The zero-order chi connectivity index (χ0) is 33.7. The molecule has 0 radical (unpaired) electrons. The maximum absolute atomic E-state index is 15.8. The van der Waals surface area contributed by atoms with Crippen molar-refractivity contribution in [1.29, 1.82) is 0 Å². The van der Waals surface area contributed by atoms with Gasteiger partial charge in [0.2, 0.25) is 23.2 Å². The predicted octanol–water partition coefficient (Wildman–Crippen LogP) is 2.41. The van der Waals surface area contributed by atoms with E-state index in [0.29, 0.717) is 44.4 Å². The Morgan fingerprint density at radius 2 is 1.91 bits per heavy atom. The number of nitrogens with one attached hydrogen (secondary N) is 2. The first-order valence-electron chi connectivity index (χ1n) is 16.2. The molecule has 3 fully saturated rings. The Labute approximate surface area is 276 Å². The number of anilines is 1. The molecular weight excluding hydrogens is 631 g/mol. The number of benzene rings is 1. The zero-order valence-electron chi connectivity index (χ0n) is 26.4. The van der Waals surface area contributed by atoms with Crippen LogP contribution in [0.5, 0.6) is 0 Å². The molecule has 3 amide bonds. The number of halogens is 2. The monoisotopic (exact) mass is 670 g/mol. The number of carboxylic acid groups (broad SMARTS) is 1. The van der Waals surface area contributed by atoms with Gasteiger partial charge in [0.15, 0.2) is 0 Å². The molecule has 47 heavy (non-hydrogen) atoms. The number of pyridine rings is 1. The van der Waals surface area contributed by atoms with Crippen LogP contribution in [0.15, 0.2) is 29.2 Å². The lowest BCUT2D eigenvalue weighted by atomic mass is 9.82. The molecule has 2 saturated heterocycles. The average molecular weight is 671 g/mol. The topological polar surface area (TPSA) is 167 Å². The van der Waals surface area contributed by atoms with Gasteiger partial charge in [-0.05, 0) is 50.0 Å². The van der Waals surface area contributed by atoms with Gasteiger partial charge in [-0.15, -0.1) is 0 Å². The van der Waals surface area contributed by atoms with E-state index in [9.17, 15) is 29.1 Å². The van der Waals surface area contributed by atoms with E-state index >= 15 is 4.39 Å². The second-order valence-electron chi connectivity index (χ2n) is 13.4. The average Bonchev–Trinajstić information content (AvgIpc) is 3.58. The van der Waals surface area contributed by atoms with Crippen LogP contribution in [0.3, 0.4) is 0 Å². The summed E-state index contributed by atoms with van der Waals surface area (Å²) in [6.07, 6.45) is 8.71. The number of nitrogens with two attached hydrogens (primary N) is 1. The Hall–Kier alpha value is -3.97. The first-order chi connectivity index (χ1) is 22.4. The van der Waals surface area contributed by atoms with Gasteiger partial charge in [-0.1, -0.05) is 37.6 Å². The van der Waals surface area contributed by atoms with Gasteiger partial charge in [0.25, 0.3) is 0 Å². The molecule has 5 N–H and O–H groups in total. The van der Waals surface area contributed by atoms with E-state index in [0.717, 1.165) is 18.9 Å². The van der Waals surface area contributed by atoms with E-state index in [4.69, 9.17) is 17.3 Å². The van der Waals surface area contributed by atoms with Crippen molar-refractivity contribution in [3.8, 4) is 0 Å². The molecule has 2 aliphatic carbocycles. The van der Waals surface area contributed by atoms with Crippen molar-refractivity contribution < 1.29 is 28.7 Å². The van der Waals surface area contributed by atoms with Gasteiger partial charge in [0, 0.05) is 37.8 Å². The molecule has 12 nitrogen and oxygen atoms in total. The Morgan fingerprint density at radius 1 is 1.17 bits per heavy atom. The molecule has 6 rings (SSSR count). The highest BCUT2D eigenvalue weighted by Crippen LogP contribution is 2.44. The van der Waals surface area contributed by atoms with Crippen LogP contribution in [-0.4, -0.2) is 82.6 Å². The summed E-state index contributed by atoms with van der Waals surface area (Å²) in [5.74, 6) is -3.40. The maximum atomic E-state index is 15.8. The van der Waals surface area contributed by atoms with Crippen molar-refractivity contribution in [1.82, 2.24) is 20.1 Å². The molecule has 1 aromatic carbocycles. The van der Waals surface area contributed by atoms with E-state index in [-0.39, 0.29) is 64.2 Å². The largest absolute Gasteiger partial charge is 0.477 e. The van der Waals surface area contributed by atoms with Gasteiger partial charge in [0.1, 0.15) is 23.5 Å². The number of aromatic carboxylic acids is 1. The van der Waals surface area contributed by atoms with E-state index in [1.54, 1.807) is 4.57 Å². The fourth-order valence-electron chi connectivity index (χ4n) is 7.44. The number of carbonyl (C=O) groups is 4. The fourth-order valence-corrected chi connectivity index (χ4v) is 7.85. The SMILES string of the molecule is CC(C)[C@H](NC(=O)[C@@H]1CCCN1C(=O)CN)C(=O)NC1C=CCC2CN(c3c(F)cc4c(=O)c(C(=O)O)cn(C5CC5)c4c3Cl)CC21. The summed E-state index contributed by atoms with van der Waals surface area (Å²) in [4.78, 5) is 67.2. The zero-order valence-corrected chi connectivity index (χ0v) is 27.1. The van der Waals surface area contributed by atoms with Crippen molar-refractivity contribution in [2.24, 2.45) is 23.5 Å². The fraction of sp³-hybridized carbons (Fsp3) is 0.545.